The highest BCUT2D eigenvalue weighted by molar-refractivity contribution is 9.10. The second kappa shape index (κ2) is 5.98. The van der Waals surface area contributed by atoms with Gasteiger partial charge in [0.2, 0.25) is 0 Å². The molecule has 2 unspecified atom stereocenters. The van der Waals surface area contributed by atoms with Crippen LogP contribution < -0.4 is 0 Å². The normalized spacial score (nSPS) is 16.9. The molecule has 0 saturated carbocycles. The van der Waals surface area contributed by atoms with Crippen LogP contribution in [0.15, 0.2) is 28.7 Å². The standard InChI is InChI=1S/C14H22BrNO/c1-5-14(2,16(3)4)13(17)10-11-6-8-12(15)9-7-11/h6-9,13,17H,5,10H2,1-4H3. The highest BCUT2D eigenvalue weighted by atomic mass is 79.9. The van der Waals surface area contributed by atoms with E-state index in [1.165, 1.54) is 5.56 Å². The molecule has 0 aliphatic rings. The number of aliphatic hydroxyl groups excluding tert-OH is 1. The average molecular weight is 300 g/mol. The molecular weight excluding hydrogens is 278 g/mol. The van der Waals surface area contributed by atoms with Crippen molar-refractivity contribution in [1.82, 2.24) is 4.90 Å². The molecule has 3 heteroatoms. The number of nitrogens with zero attached hydrogens (tertiary/aromatic N) is 1. The fourth-order valence-electron chi connectivity index (χ4n) is 1.91. The Labute approximate surface area is 113 Å². The van der Waals surface area contributed by atoms with E-state index >= 15 is 0 Å². The smallest absolute Gasteiger partial charge is 0.0761 e. The van der Waals surface area contributed by atoms with Crippen LogP contribution in [-0.2, 0) is 6.42 Å². The van der Waals surface area contributed by atoms with Gasteiger partial charge < -0.3 is 10.0 Å². The molecule has 17 heavy (non-hydrogen) atoms. The molecule has 2 nitrogen and oxygen atoms in total. The van der Waals surface area contributed by atoms with Gasteiger partial charge in [0.25, 0.3) is 0 Å². The molecule has 0 aliphatic heterocycles. The van der Waals surface area contributed by atoms with Crippen molar-refractivity contribution in [2.45, 2.75) is 38.3 Å². The summed E-state index contributed by atoms with van der Waals surface area (Å²) in [5, 5.41) is 10.4. The van der Waals surface area contributed by atoms with Gasteiger partial charge in [-0.3, -0.25) is 0 Å². The van der Waals surface area contributed by atoms with Crippen molar-refractivity contribution in [2.75, 3.05) is 14.1 Å². The summed E-state index contributed by atoms with van der Waals surface area (Å²) in [6.45, 7) is 4.22. The predicted octanol–water partition coefficient (Wildman–Crippen LogP) is 3.08. The van der Waals surface area contributed by atoms with E-state index < -0.39 is 0 Å². The number of rotatable bonds is 5. The van der Waals surface area contributed by atoms with Crippen LogP contribution in [0.4, 0.5) is 0 Å². The third-order valence-corrected chi connectivity index (χ3v) is 4.33. The maximum atomic E-state index is 10.4. The lowest BCUT2D eigenvalue weighted by molar-refractivity contribution is 0.00301. The van der Waals surface area contributed by atoms with E-state index in [4.69, 9.17) is 0 Å². The Hall–Kier alpha value is -0.380. The zero-order chi connectivity index (χ0) is 13.1. The van der Waals surface area contributed by atoms with Gasteiger partial charge in [-0.15, -0.1) is 0 Å². The molecule has 0 radical (unpaired) electrons. The van der Waals surface area contributed by atoms with Gasteiger partial charge in [-0.2, -0.15) is 0 Å². The molecule has 0 amide bonds. The first-order valence-electron chi connectivity index (χ1n) is 6.00. The maximum absolute atomic E-state index is 10.4. The predicted molar refractivity (Wildman–Crippen MR) is 76.2 cm³/mol. The summed E-state index contributed by atoms with van der Waals surface area (Å²) in [6, 6.07) is 8.14. The molecule has 0 fully saturated rings. The fourth-order valence-corrected chi connectivity index (χ4v) is 2.18. The second-order valence-electron chi connectivity index (χ2n) is 4.95. The van der Waals surface area contributed by atoms with Crippen molar-refractivity contribution >= 4 is 15.9 Å². The lowest BCUT2D eigenvalue weighted by Gasteiger charge is -2.40. The van der Waals surface area contributed by atoms with Gasteiger partial charge in [0.1, 0.15) is 0 Å². The molecule has 1 N–H and O–H groups in total. The van der Waals surface area contributed by atoms with Crippen molar-refractivity contribution in [3.8, 4) is 0 Å². The Morgan fingerprint density at radius 3 is 2.24 bits per heavy atom. The number of benzene rings is 1. The third kappa shape index (κ3) is 3.54. The zero-order valence-corrected chi connectivity index (χ0v) is 12.7. The van der Waals surface area contributed by atoms with E-state index in [0.29, 0.717) is 6.42 Å². The van der Waals surface area contributed by atoms with Crippen LogP contribution >= 0.6 is 15.9 Å². The van der Waals surface area contributed by atoms with Gasteiger partial charge in [-0.25, -0.2) is 0 Å². The zero-order valence-electron chi connectivity index (χ0n) is 11.1. The number of hydrogen-bond donors (Lipinski definition) is 1. The summed E-state index contributed by atoms with van der Waals surface area (Å²) in [7, 11) is 4.04. The number of halogens is 1. The number of hydrogen-bond acceptors (Lipinski definition) is 2. The average Bonchev–Trinajstić information content (AvgIpc) is 2.30. The summed E-state index contributed by atoms with van der Waals surface area (Å²) in [5.74, 6) is 0. The van der Waals surface area contributed by atoms with Crippen LogP contribution in [0.5, 0.6) is 0 Å². The van der Waals surface area contributed by atoms with Crippen LogP contribution in [0.25, 0.3) is 0 Å². The Morgan fingerprint density at radius 1 is 1.29 bits per heavy atom. The highest BCUT2D eigenvalue weighted by Crippen LogP contribution is 2.24. The highest BCUT2D eigenvalue weighted by Gasteiger charge is 2.33. The molecule has 1 aromatic rings. The van der Waals surface area contributed by atoms with Crippen molar-refractivity contribution in [3.05, 3.63) is 34.3 Å². The Bertz CT molecular complexity index is 350. The van der Waals surface area contributed by atoms with E-state index in [1.807, 2.05) is 26.2 Å². The topological polar surface area (TPSA) is 23.5 Å². The van der Waals surface area contributed by atoms with Crippen LogP contribution in [0.3, 0.4) is 0 Å². The largest absolute Gasteiger partial charge is 0.391 e. The first-order valence-corrected chi connectivity index (χ1v) is 6.79. The molecule has 2 atom stereocenters. The van der Waals surface area contributed by atoms with Gasteiger partial charge in [-0.05, 0) is 45.1 Å². The molecule has 1 aromatic carbocycles. The van der Waals surface area contributed by atoms with E-state index in [0.717, 1.165) is 10.9 Å². The van der Waals surface area contributed by atoms with Gasteiger partial charge in [-0.1, -0.05) is 35.0 Å². The fraction of sp³-hybridized carbons (Fsp3) is 0.571. The molecule has 0 aliphatic carbocycles. The summed E-state index contributed by atoms with van der Waals surface area (Å²) < 4.78 is 1.07. The second-order valence-corrected chi connectivity index (χ2v) is 5.87. The molecule has 1 rings (SSSR count). The summed E-state index contributed by atoms with van der Waals surface area (Å²) in [5.41, 5.74) is 0.995. The minimum absolute atomic E-state index is 0.174. The van der Waals surface area contributed by atoms with E-state index in [2.05, 4.69) is 46.8 Å². The molecular formula is C14H22BrNO. The Kier molecular flexibility index (Phi) is 5.17. The minimum Gasteiger partial charge on any atom is -0.391 e. The summed E-state index contributed by atoms with van der Waals surface area (Å²) >= 11 is 3.42. The quantitative estimate of drug-likeness (QED) is 0.903. The van der Waals surface area contributed by atoms with Gasteiger partial charge >= 0.3 is 0 Å². The molecule has 0 saturated heterocycles. The Morgan fingerprint density at radius 2 is 1.82 bits per heavy atom. The van der Waals surface area contributed by atoms with Gasteiger partial charge in [0, 0.05) is 16.4 Å². The lowest BCUT2D eigenvalue weighted by Crippen LogP contribution is -2.51. The van der Waals surface area contributed by atoms with E-state index in [9.17, 15) is 5.11 Å². The Balaban J connectivity index is 2.77. The maximum Gasteiger partial charge on any atom is 0.0761 e. The third-order valence-electron chi connectivity index (χ3n) is 3.80. The van der Waals surface area contributed by atoms with Crippen molar-refractivity contribution in [3.63, 3.8) is 0 Å². The number of aliphatic hydroxyl groups is 1. The molecule has 0 bridgehead atoms. The van der Waals surface area contributed by atoms with Gasteiger partial charge in [0.05, 0.1) is 6.10 Å². The van der Waals surface area contributed by atoms with Crippen LogP contribution in [0.1, 0.15) is 25.8 Å². The van der Waals surface area contributed by atoms with E-state index in [-0.39, 0.29) is 11.6 Å². The molecule has 0 aromatic heterocycles. The van der Waals surface area contributed by atoms with Gasteiger partial charge in [0.15, 0.2) is 0 Å². The number of likely N-dealkylation sites (N-methyl/N-ethyl adjacent to an activating group) is 1. The lowest BCUT2D eigenvalue weighted by atomic mass is 9.86. The van der Waals surface area contributed by atoms with Crippen LogP contribution in [0.2, 0.25) is 0 Å². The first-order chi connectivity index (χ1) is 7.90. The monoisotopic (exact) mass is 299 g/mol. The van der Waals surface area contributed by atoms with Crippen molar-refractivity contribution in [2.24, 2.45) is 0 Å². The summed E-state index contributed by atoms with van der Waals surface area (Å²) in [6.07, 6.45) is 1.26. The molecule has 0 heterocycles. The molecule has 0 spiro atoms. The van der Waals surface area contributed by atoms with E-state index in [1.54, 1.807) is 0 Å². The van der Waals surface area contributed by atoms with Crippen molar-refractivity contribution in [1.29, 1.82) is 0 Å². The summed E-state index contributed by atoms with van der Waals surface area (Å²) in [4.78, 5) is 2.11. The minimum atomic E-state index is -0.358. The van der Waals surface area contributed by atoms with Crippen LogP contribution in [0, 0.1) is 0 Å². The van der Waals surface area contributed by atoms with Crippen molar-refractivity contribution < 1.29 is 5.11 Å². The first kappa shape index (κ1) is 14.7. The SMILES string of the molecule is CCC(C)(C(O)Cc1ccc(Br)cc1)N(C)C. The molecule has 96 valence electrons. The van der Waals surface area contributed by atoms with Crippen LogP contribution in [-0.4, -0.2) is 35.7 Å².